The molecule has 2 aromatic heterocycles. The van der Waals surface area contributed by atoms with Crippen LogP contribution in [0.1, 0.15) is 24.3 Å². The molecule has 3 heterocycles. The number of aromatic nitrogens is 2. The highest BCUT2D eigenvalue weighted by Crippen LogP contribution is 2.29. The Bertz CT molecular complexity index is 744. The van der Waals surface area contributed by atoms with Gasteiger partial charge in [-0.15, -0.1) is 0 Å². The number of pyridine rings is 1. The smallest absolute Gasteiger partial charge is 0.267 e. The topological polar surface area (TPSA) is 85.0 Å². The summed E-state index contributed by atoms with van der Waals surface area (Å²) in [5, 5.41) is 7.24. The number of carbonyl (C=O) groups is 1. The second kappa shape index (κ2) is 4.51. The zero-order chi connectivity index (χ0) is 14.4. The predicted molar refractivity (Wildman–Crippen MR) is 79.9 cm³/mol. The van der Waals surface area contributed by atoms with E-state index in [1.807, 2.05) is 18.2 Å². The van der Waals surface area contributed by atoms with Crippen LogP contribution in [0, 0.1) is 0 Å². The van der Waals surface area contributed by atoms with E-state index in [0.29, 0.717) is 11.7 Å². The number of nitrogens with one attached hydrogen (secondary N) is 2. The van der Waals surface area contributed by atoms with Crippen molar-refractivity contribution in [2.75, 3.05) is 12.4 Å². The van der Waals surface area contributed by atoms with Gasteiger partial charge in [0.2, 0.25) is 0 Å². The highest BCUT2D eigenvalue weighted by molar-refractivity contribution is 5.94. The molecule has 0 radical (unpaired) electrons. The van der Waals surface area contributed by atoms with Crippen LogP contribution in [0.3, 0.4) is 0 Å². The molecule has 1 saturated carbocycles. The fourth-order valence-corrected chi connectivity index (χ4v) is 2.79. The second-order valence-electron chi connectivity index (χ2n) is 5.68. The molecule has 1 aliphatic carbocycles. The van der Waals surface area contributed by atoms with Crippen molar-refractivity contribution in [3.63, 3.8) is 0 Å². The minimum absolute atomic E-state index is 0.00157. The molecule has 21 heavy (non-hydrogen) atoms. The summed E-state index contributed by atoms with van der Waals surface area (Å²) in [5.41, 5.74) is 2.58. The first-order valence-corrected chi connectivity index (χ1v) is 7.20. The van der Waals surface area contributed by atoms with E-state index < -0.39 is 0 Å². The maximum absolute atomic E-state index is 12.1. The summed E-state index contributed by atoms with van der Waals surface area (Å²) < 4.78 is 1.52. The quantitative estimate of drug-likeness (QED) is 0.720. The second-order valence-corrected chi connectivity index (χ2v) is 5.68. The van der Waals surface area contributed by atoms with Gasteiger partial charge in [0.1, 0.15) is 0 Å². The number of amides is 1. The Morgan fingerprint density at radius 1 is 1.43 bits per heavy atom. The molecule has 6 nitrogen and oxygen atoms in total. The number of hydrogen-bond acceptors (Lipinski definition) is 4. The lowest BCUT2D eigenvalue weighted by Gasteiger charge is -2.08. The van der Waals surface area contributed by atoms with Gasteiger partial charge in [-0.2, -0.15) is 0 Å². The Balaban J connectivity index is 1.63. The highest BCUT2D eigenvalue weighted by Gasteiger charge is 2.28. The standard InChI is InChI=1S/C15H17N5O/c16-20-6-4-12-11(3-5-17-14(12)20)9-7-13(18-8-9)15(21)19-10-1-2-10/h3-7,9-10,18H,1-2,8,16H2,(H,19,21). The molecule has 2 aliphatic rings. The SMILES string of the molecule is Nn1ccc2c(C3C=C(C(=O)NC4CC4)NC3)ccnc21. The van der Waals surface area contributed by atoms with E-state index in [1.165, 1.54) is 4.68 Å². The monoisotopic (exact) mass is 283 g/mol. The summed E-state index contributed by atoms with van der Waals surface area (Å²) in [7, 11) is 0. The number of nitrogens with zero attached hydrogens (tertiary/aromatic N) is 2. The van der Waals surface area contributed by atoms with Crippen molar-refractivity contribution in [3.05, 3.63) is 41.9 Å². The fourth-order valence-electron chi connectivity index (χ4n) is 2.79. The van der Waals surface area contributed by atoms with Crippen LogP contribution in [0.25, 0.3) is 11.0 Å². The lowest BCUT2D eigenvalue weighted by Crippen LogP contribution is -2.31. The van der Waals surface area contributed by atoms with Crippen LogP contribution < -0.4 is 16.5 Å². The predicted octanol–water partition coefficient (Wildman–Crippen LogP) is 0.599. The first-order chi connectivity index (χ1) is 10.2. The van der Waals surface area contributed by atoms with E-state index in [1.54, 1.807) is 12.4 Å². The largest absolute Gasteiger partial charge is 0.380 e. The number of nitrogens with two attached hydrogens (primary N) is 1. The molecule has 1 unspecified atom stereocenters. The summed E-state index contributed by atoms with van der Waals surface area (Å²) in [6.07, 6.45) is 7.75. The summed E-state index contributed by atoms with van der Waals surface area (Å²) in [6, 6.07) is 4.33. The van der Waals surface area contributed by atoms with Gasteiger partial charge in [0.05, 0.1) is 5.70 Å². The first-order valence-electron chi connectivity index (χ1n) is 7.20. The molecule has 1 atom stereocenters. The minimum atomic E-state index is 0.00157. The Morgan fingerprint density at radius 2 is 2.29 bits per heavy atom. The summed E-state index contributed by atoms with van der Waals surface area (Å²) in [4.78, 5) is 16.4. The van der Waals surface area contributed by atoms with Crippen molar-refractivity contribution in [1.29, 1.82) is 0 Å². The maximum Gasteiger partial charge on any atom is 0.267 e. The third kappa shape index (κ3) is 2.12. The molecule has 6 heteroatoms. The van der Waals surface area contributed by atoms with Crippen molar-refractivity contribution in [2.45, 2.75) is 24.8 Å². The Labute approximate surface area is 122 Å². The average Bonchev–Trinajstić information content (AvgIpc) is 3.02. The van der Waals surface area contributed by atoms with Crippen molar-refractivity contribution < 1.29 is 4.79 Å². The molecule has 1 aliphatic heterocycles. The van der Waals surface area contributed by atoms with Crippen LogP contribution >= 0.6 is 0 Å². The minimum Gasteiger partial charge on any atom is -0.380 e. The Kier molecular flexibility index (Phi) is 2.63. The number of nitrogen functional groups attached to an aromatic ring is 1. The van der Waals surface area contributed by atoms with E-state index in [4.69, 9.17) is 5.84 Å². The molecular weight excluding hydrogens is 266 g/mol. The molecule has 1 amide bonds. The van der Waals surface area contributed by atoms with E-state index in [2.05, 4.69) is 15.6 Å². The number of carbonyl (C=O) groups excluding carboxylic acids is 1. The van der Waals surface area contributed by atoms with Crippen LogP contribution in [0.4, 0.5) is 0 Å². The molecule has 0 saturated heterocycles. The molecule has 108 valence electrons. The van der Waals surface area contributed by atoms with Crippen LogP contribution in [0.5, 0.6) is 0 Å². The lowest BCUT2D eigenvalue weighted by molar-refractivity contribution is -0.117. The van der Waals surface area contributed by atoms with E-state index in [9.17, 15) is 4.79 Å². The summed E-state index contributed by atoms with van der Waals surface area (Å²) in [6.45, 7) is 0.724. The molecular formula is C15H17N5O. The molecule has 0 aromatic carbocycles. The average molecular weight is 283 g/mol. The zero-order valence-electron chi connectivity index (χ0n) is 11.5. The molecule has 4 rings (SSSR count). The zero-order valence-corrected chi connectivity index (χ0v) is 11.5. The molecule has 0 spiro atoms. The van der Waals surface area contributed by atoms with E-state index in [0.717, 1.165) is 36.0 Å². The lowest BCUT2D eigenvalue weighted by atomic mass is 9.98. The number of fused-ring (bicyclic) bond motifs is 1. The molecule has 2 aromatic rings. The first kappa shape index (κ1) is 12.3. The summed E-state index contributed by atoms with van der Waals surface area (Å²) in [5.74, 6) is 6.01. The van der Waals surface area contributed by atoms with Gasteiger partial charge in [0.15, 0.2) is 5.65 Å². The van der Waals surface area contributed by atoms with Crippen molar-refractivity contribution in [2.24, 2.45) is 0 Å². The van der Waals surface area contributed by atoms with Gasteiger partial charge in [-0.3, -0.25) is 9.47 Å². The third-order valence-electron chi connectivity index (χ3n) is 4.09. The summed E-state index contributed by atoms with van der Waals surface area (Å²) >= 11 is 0. The van der Waals surface area contributed by atoms with Crippen molar-refractivity contribution in [1.82, 2.24) is 20.3 Å². The van der Waals surface area contributed by atoms with Gasteiger partial charge in [-0.1, -0.05) is 0 Å². The van der Waals surface area contributed by atoms with Gasteiger partial charge in [-0.05, 0) is 36.6 Å². The van der Waals surface area contributed by atoms with Crippen LogP contribution in [-0.4, -0.2) is 28.2 Å². The van der Waals surface area contributed by atoms with Crippen LogP contribution in [0.15, 0.2) is 36.3 Å². The molecule has 4 N–H and O–H groups in total. The maximum atomic E-state index is 12.1. The Morgan fingerprint density at radius 3 is 3.10 bits per heavy atom. The van der Waals surface area contributed by atoms with Gasteiger partial charge in [0.25, 0.3) is 5.91 Å². The normalized spacial score (nSPS) is 21.1. The molecule has 0 bridgehead atoms. The van der Waals surface area contributed by atoms with E-state index >= 15 is 0 Å². The van der Waals surface area contributed by atoms with E-state index in [-0.39, 0.29) is 11.8 Å². The van der Waals surface area contributed by atoms with Crippen molar-refractivity contribution in [3.8, 4) is 0 Å². The van der Waals surface area contributed by atoms with Crippen molar-refractivity contribution >= 4 is 16.9 Å². The molecule has 1 fully saturated rings. The fraction of sp³-hybridized carbons (Fsp3) is 0.333. The number of hydrogen-bond donors (Lipinski definition) is 3. The number of rotatable bonds is 3. The van der Waals surface area contributed by atoms with Crippen LogP contribution in [0.2, 0.25) is 0 Å². The van der Waals surface area contributed by atoms with Gasteiger partial charge >= 0.3 is 0 Å². The third-order valence-corrected chi connectivity index (χ3v) is 4.09. The van der Waals surface area contributed by atoms with Crippen LogP contribution in [-0.2, 0) is 4.79 Å². The Hall–Kier alpha value is -2.50. The highest BCUT2D eigenvalue weighted by atomic mass is 16.2. The van der Waals surface area contributed by atoms with Gasteiger partial charge in [0, 0.05) is 36.3 Å². The van der Waals surface area contributed by atoms with Gasteiger partial charge < -0.3 is 16.5 Å². The van der Waals surface area contributed by atoms with Gasteiger partial charge in [-0.25, -0.2) is 4.98 Å².